The van der Waals surface area contributed by atoms with Crippen molar-refractivity contribution in [2.75, 3.05) is 9.80 Å². The molecule has 0 aliphatic carbocycles. The fraction of sp³-hybridized carbons (Fsp3) is 0.167. The number of hydrogen-bond acceptors (Lipinski definition) is 2. The molecule has 2 nitrogen and oxygen atoms in total. The van der Waals surface area contributed by atoms with Crippen molar-refractivity contribution in [3.05, 3.63) is 167 Å². The van der Waals surface area contributed by atoms with E-state index in [0.29, 0.717) is 0 Å². The lowest BCUT2D eigenvalue weighted by Crippen LogP contribution is -2.31. The molecule has 0 saturated carbocycles. The van der Waals surface area contributed by atoms with Gasteiger partial charge >= 0.3 is 0 Å². The molecule has 0 saturated heterocycles. The second-order valence-electron chi connectivity index (χ2n) is 15.6. The van der Waals surface area contributed by atoms with E-state index >= 15 is 0 Å². The molecule has 2 aliphatic heterocycles. The number of anilines is 6. The van der Waals surface area contributed by atoms with E-state index in [-0.39, 0.29) is 10.8 Å². The standard InChI is InChI=1S/C48H40N2/c1-29-15-21-33(22-16-29)49-41-13-9-7-11-37(41)47(3,4)39-27-31-20-26-36-44-32(19-25-35(43(31)44)45(39)49)28-40-46(36)50(34-23-17-30(2)18-24-34)42-14-10-8-12-38(42)48(40,5)6/h7-28H,1-6H3. The summed E-state index contributed by atoms with van der Waals surface area (Å²) in [6.07, 6.45) is 0. The molecule has 8 aromatic rings. The predicted octanol–water partition coefficient (Wildman–Crippen LogP) is 13.4. The number of benzene rings is 8. The summed E-state index contributed by atoms with van der Waals surface area (Å²) in [6, 6.07) is 50.6. The number of fused-ring (bicyclic) bond motifs is 6. The molecule has 0 bridgehead atoms. The zero-order chi connectivity index (χ0) is 34.1. The topological polar surface area (TPSA) is 6.48 Å². The van der Waals surface area contributed by atoms with Gasteiger partial charge in [0.1, 0.15) is 0 Å². The monoisotopic (exact) mass is 644 g/mol. The minimum atomic E-state index is -0.174. The third-order valence-corrected chi connectivity index (χ3v) is 11.9. The molecule has 8 aromatic carbocycles. The molecule has 2 heterocycles. The van der Waals surface area contributed by atoms with Crippen LogP contribution in [0.4, 0.5) is 34.1 Å². The summed E-state index contributed by atoms with van der Waals surface area (Å²) in [6.45, 7) is 13.9. The summed E-state index contributed by atoms with van der Waals surface area (Å²) in [7, 11) is 0. The Balaban J connectivity index is 1.34. The molecular formula is C48H40N2. The minimum absolute atomic E-state index is 0.174. The number of para-hydroxylation sites is 2. The molecule has 0 fully saturated rings. The fourth-order valence-corrected chi connectivity index (χ4v) is 9.21. The van der Waals surface area contributed by atoms with E-state index in [4.69, 9.17) is 0 Å². The van der Waals surface area contributed by atoms with Gasteiger partial charge in [0.25, 0.3) is 0 Å². The SMILES string of the molecule is Cc1ccc(N2c3ccccc3C(C)(C)c3cc4ccc5c6c(cc7ccc(c32)c4c75)C(C)(C)c2ccccc2N6c2ccc(C)cc2)cc1. The quantitative estimate of drug-likeness (QED) is 0.173. The van der Waals surface area contributed by atoms with Gasteiger partial charge in [0, 0.05) is 33.0 Å². The molecule has 0 spiro atoms. The van der Waals surface area contributed by atoms with Gasteiger partial charge in [0.05, 0.1) is 22.7 Å². The van der Waals surface area contributed by atoms with Crippen molar-refractivity contribution >= 4 is 66.4 Å². The van der Waals surface area contributed by atoms with Crippen LogP contribution in [-0.2, 0) is 10.8 Å². The lowest BCUT2D eigenvalue weighted by atomic mass is 9.70. The Labute approximate surface area is 294 Å². The molecular weight excluding hydrogens is 605 g/mol. The second kappa shape index (κ2) is 9.98. The predicted molar refractivity (Wildman–Crippen MR) is 213 cm³/mol. The van der Waals surface area contributed by atoms with Crippen LogP contribution in [0.3, 0.4) is 0 Å². The van der Waals surface area contributed by atoms with Gasteiger partial charge < -0.3 is 9.80 Å². The zero-order valence-electron chi connectivity index (χ0n) is 29.6. The number of rotatable bonds is 2. The molecule has 0 aromatic heterocycles. The Bertz CT molecular complexity index is 2470. The third kappa shape index (κ3) is 3.79. The van der Waals surface area contributed by atoms with E-state index in [1.807, 2.05) is 0 Å². The fourth-order valence-electron chi connectivity index (χ4n) is 9.21. The summed E-state index contributed by atoms with van der Waals surface area (Å²) in [5, 5.41) is 7.88. The summed E-state index contributed by atoms with van der Waals surface area (Å²) in [5.41, 5.74) is 15.1. The van der Waals surface area contributed by atoms with Gasteiger partial charge in [0.2, 0.25) is 0 Å². The van der Waals surface area contributed by atoms with Crippen molar-refractivity contribution < 1.29 is 0 Å². The molecule has 0 amide bonds. The highest BCUT2D eigenvalue weighted by molar-refractivity contribution is 6.29. The third-order valence-electron chi connectivity index (χ3n) is 11.9. The number of hydrogen-bond donors (Lipinski definition) is 0. The minimum Gasteiger partial charge on any atom is -0.309 e. The molecule has 2 heteroatoms. The average Bonchev–Trinajstić information content (AvgIpc) is 3.12. The van der Waals surface area contributed by atoms with Crippen LogP contribution in [0, 0.1) is 13.8 Å². The first-order chi connectivity index (χ1) is 24.1. The molecule has 50 heavy (non-hydrogen) atoms. The number of nitrogens with zero attached hydrogens (tertiary/aromatic N) is 2. The average molecular weight is 645 g/mol. The van der Waals surface area contributed by atoms with Gasteiger partial charge in [0.15, 0.2) is 0 Å². The summed E-state index contributed by atoms with van der Waals surface area (Å²) in [5.74, 6) is 0. The van der Waals surface area contributed by atoms with Crippen molar-refractivity contribution in [2.45, 2.75) is 52.4 Å². The Morgan fingerprint density at radius 1 is 0.400 bits per heavy atom. The molecule has 0 N–H and O–H groups in total. The molecule has 0 atom stereocenters. The first-order valence-electron chi connectivity index (χ1n) is 17.9. The van der Waals surface area contributed by atoms with Gasteiger partial charge in [-0.05, 0) is 106 Å². The Morgan fingerprint density at radius 2 is 0.780 bits per heavy atom. The van der Waals surface area contributed by atoms with E-state index in [2.05, 4.69) is 185 Å². The van der Waals surface area contributed by atoms with E-state index in [1.54, 1.807) is 0 Å². The maximum Gasteiger partial charge on any atom is 0.0581 e. The van der Waals surface area contributed by atoms with Crippen molar-refractivity contribution in [2.24, 2.45) is 0 Å². The largest absolute Gasteiger partial charge is 0.309 e. The highest BCUT2D eigenvalue weighted by atomic mass is 15.2. The molecule has 242 valence electrons. The summed E-state index contributed by atoms with van der Waals surface area (Å²) in [4.78, 5) is 5.04. The van der Waals surface area contributed by atoms with Crippen LogP contribution in [0.25, 0.3) is 32.3 Å². The lowest BCUT2D eigenvalue weighted by molar-refractivity contribution is 0.633. The summed E-state index contributed by atoms with van der Waals surface area (Å²) < 4.78 is 0. The molecule has 0 radical (unpaired) electrons. The van der Waals surface area contributed by atoms with E-state index in [9.17, 15) is 0 Å². The first-order valence-corrected chi connectivity index (χ1v) is 17.9. The highest BCUT2D eigenvalue weighted by Crippen LogP contribution is 2.59. The Kier molecular flexibility index (Phi) is 5.86. The smallest absolute Gasteiger partial charge is 0.0581 e. The first kappa shape index (κ1) is 29.3. The van der Waals surface area contributed by atoms with Crippen molar-refractivity contribution in [1.29, 1.82) is 0 Å². The van der Waals surface area contributed by atoms with Crippen LogP contribution in [-0.4, -0.2) is 0 Å². The van der Waals surface area contributed by atoms with Crippen LogP contribution in [0.2, 0.25) is 0 Å². The lowest BCUT2D eigenvalue weighted by Gasteiger charge is -2.44. The van der Waals surface area contributed by atoms with Gasteiger partial charge in [-0.1, -0.05) is 124 Å². The maximum absolute atomic E-state index is 2.52. The zero-order valence-corrected chi connectivity index (χ0v) is 29.6. The van der Waals surface area contributed by atoms with Crippen molar-refractivity contribution in [3.8, 4) is 0 Å². The second-order valence-corrected chi connectivity index (χ2v) is 15.6. The Morgan fingerprint density at radius 3 is 1.18 bits per heavy atom. The van der Waals surface area contributed by atoms with E-state index < -0.39 is 0 Å². The van der Waals surface area contributed by atoms with Crippen LogP contribution >= 0.6 is 0 Å². The van der Waals surface area contributed by atoms with Crippen LogP contribution in [0.15, 0.2) is 133 Å². The number of aryl methyl sites for hydroxylation is 2. The highest BCUT2D eigenvalue weighted by Gasteiger charge is 2.41. The normalized spacial score (nSPS) is 15.6. The maximum atomic E-state index is 2.52. The van der Waals surface area contributed by atoms with Gasteiger partial charge in [-0.15, -0.1) is 0 Å². The van der Waals surface area contributed by atoms with Gasteiger partial charge in [-0.2, -0.15) is 0 Å². The van der Waals surface area contributed by atoms with E-state index in [0.717, 1.165) is 0 Å². The summed E-state index contributed by atoms with van der Waals surface area (Å²) >= 11 is 0. The Hall–Kier alpha value is -5.60. The molecule has 2 aliphatic rings. The molecule has 10 rings (SSSR count). The van der Waals surface area contributed by atoms with Gasteiger partial charge in [-0.25, -0.2) is 0 Å². The van der Waals surface area contributed by atoms with Crippen LogP contribution in [0.1, 0.15) is 61.1 Å². The van der Waals surface area contributed by atoms with Crippen LogP contribution < -0.4 is 9.80 Å². The van der Waals surface area contributed by atoms with E-state index in [1.165, 1.54) is 99.8 Å². The van der Waals surface area contributed by atoms with Crippen LogP contribution in [0.5, 0.6) is 0 Å². The van der Waals surface area contributed by atoms with Crippen molar-refractivity contribution in [1.82, 2.24) is 0 Å². The molecule has 0 unspecified atom stereocenters. The van der Waals surface area contributed by atoms with Gasteiger partial charge in [-0.3, -0.25) is 0 Å². The van der Waals surface area contributed by atoms with Crippen molar-refractivity contribution in [3.63, 3.8) is 0 Å².